The molecule has 0 aromatic heterocycles. The maximum Gasteiger partial charge on any atom is 0.306 e. The zero-order chi connectivity index (χ0) is 17.3. The number of fused-ring (bicyclic) bond motifs is 1. The number of likely N-dealkylation sites (tertiary alicyclic amines) is 1. The van der Waals surface area contributed by atoms with Crippen LogP contribution in [0.25, 0.3) is 0 Å². The van der Waals surface area contributed by atoms with Crippen molar-refractivity contribution in [3.05, 3.63) is 46.1 Å². The van der Waals surface area contributed by atoms with Crippen LogP contribution < -0.4 is 0 Å². The minimum absolute atomic E-state index is 0.0341. The second kappa shape index (κ2) is 6.71. The Morgan fingerprint density at radius 1 is 1.42 bits per heavy atom. The third-order valence-electron chi connectivity index (χ3n) is 5.33. The first-order chi connectivity index (χ1) is 11.5. The highest BCUT2D eigenvalue weighted by atomic mass is 79.9. The van der Waals surface area contributed by atoms with E-state index in [2.05, 4.69) is 28.9 Å². The Bertz CT molecular complexity index is 700. The van der Waals surface area contributed by atoms with Gasteiger partial charge >= 0.3 is 5.97 Å². The van der Waals surface area contributed by atoms with Gasteiger partial charge in [0.2, 0.25) is 5.91 Å². The van der Waals surface area contributed by atoms with E-state index in [1.165, 1.54) is 7.11 Å². The molecule has 1 aromatic rings. The van der Waals surface area contributed by atoms with Gasteiger partial charge in [0.1, 0.15) is 0 Å². The van der Waals surface area contributed by atoms with Gasteiger partial charge in [0.05, 0.1) is 26.0 Å². The number of nitrogens with zero attached hydrogens (tertiary/aromatic N) is 1. The normalized spacial score (nSPS) is 26.1. The van der Waals surface area contributed by atoms with E-state index in [9.17, 15) is 9.59 Å². The lowest BCUT2D eigenvalue weighted by Crippen LogP contribution is -2.30. The summed E-state index contributed by atoms with van der Waals surface area (Å²) in [5, 5.41) is 0. The number of ether oxygens (including phenoxy) is 1. The molecule has 1 aliphatic carbocycles. The summed E-state index contributed by atoms with van der Waals surface area (Å²) >= 11 is 3.56. The van der Waals surface area contributed by atoms with Gasteiger partial charge in [0.25, 0.3) is 0 Å². The van der Waals surface area contributed by atoms with Crippen molar-refractivity contribution in [1.82, 2.24) is 4.90 Å². The van der Waals surface area contributed by atoms with Gasteiger partial charge in [0.15, 0.2) is 0 Å². The van der Waals surface area contributed by atoms with Crippen LogP contribution >= 0.6 is 15.9 Å². The molecule has 24 heavy (non-hydrogen) atoms. The molecule has 1 heterocycles. The highest BCUT2D eigenvalue weighted by Gasteiger charge is 2.53. The number of carbonyl (C=O) groups is 2. The van der Waals surface area contributed by atoms with Gasteiger partial charge in [-0.05, 0) is 30.9 Å². The molecule has 4 nitrogen and oxygen atoms in total. The van der Waals surface area contributed by atoms with Crippen LogP contribution in [0.1, 0.15) is 38.2 Å². The lowest BCUT2D eigenvalue weighted by atomic mass is 9.70. The van der Waals surface area contributed by atoms with E-state index in [0.717, 1.165) is 35.0 Å². The Morgan fingerprint density at radius 2 is 2.17 bits per heavy atom. The summed E-state index contributed by atoms with van der Waals surface area (Å²) in [6.07, 6.45) is 5.29. The first kappa shape index (κ1) is 17.2. The van der Waals surface area contributed by atoms with Crippen LogP contribution in [0.2, 0.25) is 0 Å². The predicted molar refractivity (Wildman–Crippen MR) is 94.9 cm³/mol. The molecule has 0 saturated carbocycles. The van der Waals surface area contributed by atoms with Gasteiger partial charge < -0.3 is 9.64 Å². The largest absolute Gasteiger partial charge is 0.469 e. The van der Waals surface area contributed by atoms with E-state index < -0.39 is 0 Å². The zero-order valence-corrected chi connectivity index (χ0v) is 15.6. The van der Waals surface area contributed by atoms with Crippen LogP contribution in [0.5, 0.6) is 0 Å². The van der Waals surface area contributed by atoms with Crippen LogP contribution in [0.15, 0.2) is 40.5 Å². The fraction of sp³-hybridized carbons (Fsp3) is 0.474. The molecule has 0 radical (unpaired) electrons. The van der Waals surface area contributed by atoms with Crippen molar-refractivity contribution in [3.63, 3.8) is 0 Å². The van der Waals surface area contributed by atoms with Gasteiger partial charge in [-0.3, -0.25) is 9.59 Å². The molecule has 1 amide bonds. The minimum atomic E-state index is -0.334. The Labute approximate surface area is 151 Å². The summed E-state index contributed by atoms with van der Waals surface area (Å²) in [4.78, 5) is 26.8. The van der Waals surface area contributed by atoms with Crippen LogP contribution in [-0.4, -0.2) is 23.9 Å². The third kappa shape index (κ3) is 2.90. The van der Waals surface area contributed by atoms with Crippen LogP contribution in [-0.2, 0) is 20.9 Å². The molecule has 1 aliphatic heterocycles. The topological polar surface area (TPSA) is 46.6 Å². The molecular weight excluding hydrogens is 370 g/mol. The highest BCUT2D eigenvalue weighted by Crippen LogP contribution is 2.53. The van der Waals surface area contributed by atoms with Crippen molar-refractivity contribution >= 4 is 27.8 Å². The molecule has 0 spiro atoms. The molecule has 128 valence electrons. The van der Waals surface area contributed by atoms with E-state index in [1.807, 2.05) is 29.2 Å². The van der Waals surface area contributed by atoms with Crippen LogP contribution in [0, 0.1) is 11.3 Å². The molecule has 5 heteroatoms. The summed E-state index contributed by atoms with van der Waals surface area (Å²) in [7, 11) is 1.38. The predicted octanol–water partition coefficient (Wildman–Crippen LogP) is 4.04. The maximum atomic E-state index is 13.1. The monoisotopic (exact) mass is 391 g/mol. The first-order valence-electron chi connectivity index (χ1n) is 8.29. The number of methoxy groups -OCH3 is 1. The van der Waals surface area contributed by atoms with E-state index in [0.29, 0.717) is 6.54 Å². The van der Waals surface area contributed by atoms with Crippen molar-refractivity contribution in [2.45, 2.75) is 39.2 Å². The van der Waals surface area contributed by atoms with E-state index in [1.54, 1.807) is 0 Å². The highest BCUT2D eigenvalue weighted by molar-refractivity contribution is 9.10. The van der Waals surface area contributed by atoms with Crippen molar-refractivity contribution in [2.75, 3.05) is 7.11 Å². The quantitative estimate of drug-likeness (QED) is 0.727. The van der Waals surface area contributed by atoms with E-state index in [-0.39, 0.29) is 29.6 Å². The number of benzene rings is 1. The van der Waals surface area contributed by atoms with Crippen molar-refractivity contribution in [1.29, 1.82) is 0 Å². The molecular formula is C19H22BrNO3. The summed E-state index contributed by atoms with van der Waals surface area (Å²) in [6, 6.07) is 7.94. The van der Waals surface area contributed by atoms with Gasteiger partial charge in [-0.1, -0.05) is 47.1 Å². The average Bonchev–Trinajstić information content (AvgIpc) is 2.78. The molecule has 0 unspecified atom stereocenters. The van der Waals surface area contributed by atoms with E-state index >= 15 is 0 Å². The number of halogens is 1. The Hall–Kier alpha value is -1.62. The molecule has 1 fully saturated rings. The summed E-state index contributed by atoms with van der Waals surface area (Å²) in [6.45, 7) is 2.64. The number of allylic oxidation sites excluding steroid dienone is 2. The number of rotatable bonds is 4. The fourth-order valence-electron chi connectivity index (χ4n) is 3.94. The van der Waals surface area contributed by atoms with Gasteiger partial charge in [-0.2, -0.15) is 0 Å². The van der Waals surface area contributed by atoms with Gasteiger partial charge in [-0.15, -0.1) is 0 Å². The van der Waals surface area contributed by atoms with Gasteiger partial charge in [-0.25, -0.2) is 0 Å². The summed E-state index contributed by atoms with van der Waals surface area (Å²) in [5.41, 5.74) is 1.87. The zero-order valence-electron chi connectivity index (χ0n) is 14.0. The molecule has 0 bridgehead atoms. The van der Waals surface area contributed by atoms with E-state index in [4.69, 9.17) is 4.74 Å². The summed E-state index contributed by atoms with van der Waals surface area (Å²) < 4.78 is 5.81. The van der Waals surface area contributed by atoms with Crippen molar-refractivity contribution in [2.24, 2.45) is 11.3 Å². The number of hydrogen-bond donors (Lipinski definition) is 0. The average molecular weight is 392 g/mol. The number of hydrogen-bond acceptors (Lipinski definition) is 3. The van der Waals surface area contributed by atoms with Gasteiger partial charge in [0, 0.05) is 15.6 Å². The second-order valence-electron chi connectivity index (χ2n) is 6.75. The Morgan fingerprint density at radius 3 is 2.88 bits per heavy atom. The molecule has 3 rings (SSSR count). The SMILES string of the molecule is COC(=O)C[C@@H]1C(=O)N(Cc2ccccc2Br)C2=CCCC[C@]21C. The minimum Gasteiger partial charge on any atom is -0.469 e. The number of esters is 1. The Kier molecular flexibility index (Phi) is 4.81. The lowest BCUT2D eigenvalue weighted by Gasteiger charge is -2.34. The lowest BCUT2D eigenvalue weighted by molar-refractivity contribution is -0.146. The number of amides is 1. The van der Waals surface area contributed by atoms with Crippen molar-refractivity contribution < 1.29 is 14.3 Å². The molecule has 2 aliphatic rings. The second-order valence-corrected chi connectivity index (χ2v) is 7.60. The first-order valence-corrected chi connectivity index (χ1v) is 9.09. The molecule has 1 saturated heterocycles. The third-order valence-corrected chi connectivity index (χ3v) is 6.11. The maximum absolute atomic E-state index is 13.1. The fourth-order valence-corrected chi connectivity index (χ4v) is 4.35. The Balaban J connectivity index is 1.94. The molecule has 2 atom stereocenters. The van der Waals surface area contributed by atoms with Crippen molar-refractivity contribution in [3.8, 4) is 0 Å². The number of carbonyl (C=O) groups excluding carboxylic acids is 2. The molecule has 1 aromatic carbocycles. The van der Waals surface area contributed by atoms with Crippen LogP contribution in [0.3, 0.4) is 0 Å². The summed E-state index contributed by atoms with van der Waals surface area (Å²) in [5.74, 6) is -0.618. The smallest absolute Gasteiger partial charge is 0.306 e. The molecule has 0 N–H and O–H groups in total. The van der Waals surface area contributed by atoms with Crippen LogP contribution in [0.4, 0.5) is 0 Å². The standard InChI is InChI=1S/C19H22BrNO3/c1-19-10-6-5-9-16(19)21(12-13-7-3-4-8-15(13)20)18(23)14(19)11-17(22)24-2/h3-4,7-9,14H,5-6,10-12H2,1-2H3/t14-,19+/m1/s1.